The molecule has 0 bridgehead atoms. The van der Waals surface area contributed by atoms with E-state index in [2.05, 4.69) is 0 Å². The van der Waals surface area contributed by atoms with Crippen LogP contribution in [0.15, 0.2) is 0 Å². The van der Waals surface area contributed by atoms with Crippen molar-refractivity contribution in [1.82, 2.24) is 0 Å². The number of quaternary nitrogens is 1. The zero-order chi connectivity index (χ0) is 5.11. The van der Waals surface area contributed by atoms with Crippen LogP contribution in [0.4, 0.5) is 4.39 Å². The molecule has 2 N–H and O–H groups in total. The topological polar surface area (TPSA) is 25.8 Å². The second-order valence-corrected chi connectivity index (χ2v) is 1.62. The molecule has 0 spiro atoms. The molecular weight excluding hydrogens is 97.0 g/mol. The average Bonchev–Trinajstić information content (AvgIpc) is 1.69. The molecule has 0 amide bonds. The van der Waals surface area contributed by atoms with Crippen molar-refractivity contribution >= 4 is 0 Å². The Balaban J connectivity index is 2.12. The fraction of sp³-hybridized carbons (Fsp3) is 1.00. The smallest absolute Gasteiger partial charge is 0.252 e. The van der Waals surface area contributed by atoms with Crippen molar-refractivity contribution in [3.05, 3.63) is 0 Å². The van der Waals surface area contributed by atoms with Gasteiger partial charge in [0.1, 0.15) is 13.2 Å². The Kier molecular flexibility index (Phi) is 1.59. The van der Waals surface area contributed by atoms with Crippen LogP contribution >= 0.6 is 0 Å². The summed E-state index contributed by atoms with van der Waals surface area (Å²) in [6.45, 7) is 1.72. The molecule has 2 nitrogen and oxygen atoms in total. The molecule has 1 aliphatic rings. The molecule has 1 unspecified atom stereocenters. The molecule has 1 aliphatic heterocycles. The summed E-state index contributed by atoms with van der Waals surface area (Å²) in [4.78, 5) is 0. The predicted molar refractivity (Wildman–Crippen MR) is 22.5 cm³/mol. The van der Waals surface area contributed by atoms with Gasteiger partial charge in [0, 0.05) is 0 Å². The lowest BCUT2D eigenvalue weighted by Gasteiger charge is -2.12. The Morgan fingerprint density at radius 2 is 2.57 bits per heavy atom. The molecule has 0 radical (unpaired) electrons. The van der Waals surface area contributed by atoms with E-state index in [0.717, 1.165) is 6.54 Å². The highest BCUT2D eigenvalue weighted by Crippen LogP contribution is 1.83. The van der Waals surface area contributed by atoms with E-state index in [4.69, 9.17) is 4.74 Å². The Hall–Kier alpha value is -0.150. The van der Waals surface area contributed by atoms with E-state index in [-0.39, 0.29) is 6.61 Å². The highest BCUT2D eigenvalue weighted by atomic mass is 19.1. The number of rotatable bonds is 0. The van der Waals surface area contributed by atoms with Gasteiger partial charge in [0.2, 0.25) is 0 Å². The predicted octanol–water partition coefficient (Wildman–Crippen LogP) is -1.12. The molecule has 1 saturated heterocycles. The van der Waals surface area contributed by atoms with Gasteiger partial charge < -0.3 is 10.1 Å². The van der Waals surface area contributed by atoms with Gasteiger partial charge in [0.05, 0.1) is 6.61 Å². The molecule has 1 atom stereocenters. The minimum Gasteiger partial charge on any atom is -0.366 e. The van der Waals surface area contributed by atoms with Crippen molar-refractivity contribution in [2.45, 2.75) is 6.30 Å². The third kappa shape index (κ3) is 1.41. The van der Waals surface area contributed by atoms with Crippen molar-refractivity contribution < 1.29 is 14.4 Å². The van der Waals surface area contributed by atoms with Crippen LogP contribution < -0.4 is 5.32 Å². The molecule has 0 aromatic carbocycles. The molecule has 0 aromatic rings. The van der Waals surface area contributed by atoms with Gasteiger partial charge in [-0.2, -0.15) is 4.39 Å². The van der Waals surface area contributed by atoms with Gasteiger partial charge in [0.15, 0.2) is 0 Å². The minimum absolute atomic E-state index is 0.264. The summed E-state index contributed by atoms with van der Waals surface area (Å²) >= 11 is 0. The number of ether oxygens (including phenoxy) is 1. The molecule has 3 heteroatoms. The van der Waals surface area contributed by atoms with Crippen LogP contribution in [0.3, 0.4) is 0 Å². The second-order valence-electron chi connectivity index (χ2n) is 1.62. The van der Waals surface area contributed by atoms with Crippen molar-refractivity contribution in [3.63, 3.8) is 0 Å². The van der Waals surface area contributed by atoms with E-state index in [9.17, 15) is 4.39 Å². The van der Waals surface area contributed by atoms with Crippen molar-refractivity contribution in [3.8, 4) is 0 Å². The maximum Gasteiger partial charge on any atom is 0.252 e. The Morgan fingerprint density at radius 3 is 2.86 bits per heavy atom. The lowest BCUT2D eigenvalue weighted by molar-refractivity contribution is -0.727. The quantitative estimate of drug-likeness (QED) is 0.389. The average molecular weight is 106 g/mol. The first-order chi connectivity index (χ1) is 3.39. The normalized spacial score (nSPS) is 33.0. The van der Waals surface area contributed by atoms with Gasteiger partial charge in [-0.15, -0.1) is 0 Å². The zero-order valence-corrected chi connectivity index (χ0v) is 4.06. The summed E-state index contributed by atoms with van der Waals surface area (Å²) in [6, 6.07) is 0. The molecule has 0 aliphatic carbocycles. The Morgan fingerprint density at radius 1 is 1.71 bits per heavy atom. The molecule has 1 rings (SSSR count). The molecule has 1 heterocycles. The first kappa shape index (κ1) is 5.00. The summed E-state index contributed by atoms with van der Waals surface area (Å²) in [6.07, 6.45) is -0.811. The van der Waals surface area contributed by atoms with Crippen LogP contribution in [-0.4, -0.2) is 26.1 Å². The first-order valence-electron chi connectivity index (χ1n) is 2.45. The number of nitrogens with two attached hydrogens (primary N) is 1. The first-order valence-corrected chi connectivity index (χ1v) is 2.45. The summed E-state index contributed by atoms with van der Waals surface area (Å²) in [5.41, 5.74) is 0. The number of hydrogen-bond donors (Lipinski definition) is 1. The lowest BCUT2D eigenvalue weighted by atomic mass is 10.5. The van der Waals surface area contributed by atoms with Crippen molar-refractivity contribution in [2.24, 2.45) is 0 Å². The third-order valence-electron chi connectivity index (χ3n) is 0.962. The van der Waals surface area contributed by atoms with E-state index in [0.29, 0.717) is 6.61 Å². The minimum atomic E-state index is -0.811. The standard InChI is InChI=1S/C4H8FNO/c5-4-3-7-2-1-6-4/h4,6H,1-3H2/p+1. The van der Waals surface area contributed by atoms with Gasteiger partial charge in [-0.05, 0) is 0 Å². The van der Waals surface area contributed by atoms with Gasteiger partial charge in [-0.25, -0.2) is 0 Å². The summed E-state index contributed by atoms with van der Waals surface area (Å²) < 4.78 is 16.8. The maximum absolute atomic E-state index is 12.0. The Bertz CT molecular complexity index is 53.7. The van der Waals surface area contributed by atoms with Gasteiger partial charge in [-0.1, -0.05) is 0 Å². The van der Waals surface area contributed by atoms with Crippen LogP contribution in [0.25, 0.3) is 0 Å². The molecule has 0 saturated carbocycles. The summed E-state index contributed by atoms with van der Waals surface area (Å²) in [5.74, 6) is 0. The second kappa shape index (κ2) is 2.23. The highest BCUT2D eigenvalue weighted by Gasteiger charge is 2.12. The summed E-state index contributed by atoms with van der Waals surface area (Å²) in [5, 5.41) is 1.64. The van der Waals surface area contributed by atoms with Crippen LogP contribution in [0.5, 0.6) is 0 Å². The molecule has 42 valence electrons. The SMILES string of the molecule is FC1COCC[NH2+]1. The van der Waals surface area contributed by atoms with Crippen LogP contribution in [-0.2, 0) is 4.74 Å². The number of halogens is 1. The largest absolute Gasteiger partial charge is 0.366 e. The molecule has 0 aromatic heterocycles. The van der Waals surface area contributed by atoms with E-state index < -0.39 is 6.30 Å². The Labute approximate surface area is 41.7 Å². The van der Waals surface area contributed by atoms with E-state index >= 15 is 0 Å². The summed E-state index contributed by atoms with van der Waals surface area (Å²) in [7, 11) is 0. The maximum atomic E-state index is 12.0. The van der Waals surface area contributed by atoms with Crippen molar-refractivity contribution in [2.75, 3.05) is 19.8 Å². The van der Waals surface area contributed by atoms with Crippen LogP contribution in [0.1, 0.15) is 0 Å². The van der Waals surface area contributed by atoms with E-state index in [1.54, 1.807) is 5.32 Å². The fourth-order valence-corrected chi connectivity index (χ4v) is 0.596. The monoisotopic (exact) mass is 106 g/mol. The zero-order valence-electron chi connectivity index (χ0n) is 4.06. The lowest BCUT2D eigenvalue weighted by Crippen LogP contribution is -2.92. The van der Waals surface area contributed by atoms with Crippen LogP contribution in [0, 0.1) is 0 Å². The number of hydrogen-bond acceptors (Lipinski definition) is 1. The van der Waals surface area contributed by atoms with E-state index in [1.807, 2.05) is 0 Å². The fourth-order valence-electron chi connectivity index (χ4n) is 0.596. The number of alkyl halides is 1. The van der Waals surface area contributed by atoms with Gasteiger partial charge in [0.25, 0.3) is 6.30 Å². The van der Waals surface area contributed by atoms with E-state index in [1.165, 1.54) is 0 Å². The molecular formula is C4H9FNO+. The van der Waals surface area contributed by atoms with Gasteiger partial charge >= 0.3 is 0 Å². The van der Waals surface area contributed by atoms with Gasteiger partial charge in [-0.3, -0.25) is 0 Å². The van der Waals surface area contributed by atoms with Crippen molar-refractivity contribution in [1.29, 1.82) is 0 Å². The molecule has 7 heavy (non-hydrogen) atoms. The number of morpholine rings is 1. The third-order valence-corrected chi connectivity index (χ3v) is 0.962. The highest BCUT2D eigenvalue weighted by molar-refractivity contribution is 4.37. The van der Waals surface area contributed by atoms with Crippen LogP contribution in [0.2, 0.25) is 0 Å². The molecule has 1 fully saturated rings.